The van der Waals surface area contributed by atoms with Gasteiger partial charge in [0, 0.05) is 0 Å². The van der Waals surface area contributed by atoms with Crippen LogP contribution in [0.2, 0.25) is 0 Å². The van der Waals surface area contributed by atoms with Crippen LogP contribution in [0.1, 0.15) is 0 Å². The maximum atomic E-state index is 0. The molecule has 0 saturated heterocycles. The molecule has 0 aromatic rings. The zero-order valence-corrected chi connectivity index (χ0v) is 11.9. The first-order chi connectivity index (χ1) is 0. The minimum Gasteiger partial charge on any atom is -1.00 e. The molecular formula is ClIK2. The van der Waals surface area contributed by atoms with Crippen LogP contribution in [-0.2, 0) is 0 Å². The normalized spacial score (nSPS) is 0. The van der Waals surface area contributed by atoms with Gasteiger partial charge in [0.2, 0.25) is 0 Å². The van der Waals surface area contributed by atoms with Crippen LogP contribution in [-0.4, -0.2) is 0 Å². The average Bonchev–Trinajstić information content (AvgIpc) is 0. The molecule has 0 atom stereocenters. The number of halogens is 2. The Bertz CT molecular complexity index is 6.00. The molecule has 0 aliphatic carbocycles. The first kappa shape index (κ1) is 23.9. The second-order valence-electron chi connectivity index (χ2n) is 0. The minimum atomic E-state index is 0. The zero-order chi connectivity index (χ0) is 0. The molecule has 0 fully saturated rings. The molecule has 0 heterocycles. The van der Waals surface area contributed by atoms with E-state index in [1.54, 1.807) is 0 Å². The summed E-state index contributed by atoms with van der Waals surface area (Å²) < 4.78 is 0. The summed E-state index contributed by atoms with van der Waals surface area (Å²) >= 11 is 0. The molecule has 0 bridgehead atoms. The van der Waals surface area contributed by atoms with E-state index in [4.69, 9.17) is 0 Å². The third-order valence-electron chi connectivity index (χ3n) is 0. The first-order valence-electron chi connectivity index (χ1n) is 0. The zero-order valence-electron chi connectivity index (χ0n) is 2.76. The van der Waals surface area contributed by atoms with Crippen LogP contribution in [0.15, 0.2) is 0 Å². The van der Waals surface area contributed by atoms with Crippen molar-refractivity contribution >= 4 is 0 Å². The minimum absolute atomic E-state index is 0. The maximum Gasteiger partial charge on any atom is 1.00 e. The first-order valence-corrected chi connectivity index (χ1v) is 0. The molecule has 0 radical (unpaired) electrons. The van der Waals surface area contributed by atoms with Gasteiger partial charge in [-0.25, -0.2) is 0 Å². The summed E-state index contributed by atoms with van der Waals surface area (Å²) in [5.74, 6) is 0. The second kappa shape index (κ2) is 15.7. The monoisotopic (exact) mass is 240 g/mol. The predicted octanol–water partition coefficient (Wildman–Crippen LogP) is -12.0. The summed E-state index contributed by atoms with van der Waals surface area (Å²) in [6.45, 7) is 0. The van der Waals surface area contributed by atoms with Gasteiger partial charge in [-0.3, -0.25) is 0 Å². The van der Waals surface area contributed by atoms with Crippen LogP contribution < -0.4 is 139 Å². The van der Waals surface area contributed by atoms with Crippen molar-refractivity contribution in [2.24, 2.45) is 0 Å². The quantitative estimate of drug-likeness (QED) is 0.291. The Labute approximate surface area is 135 Å². The molecule has 0 aliphatic heterocycles. The molecule has 0 amide bonds. The summed E-state index contributed by atoms with van der Waals surface area (Å²) in [5.41, 5.74) is 0. The molecular weight excluding hydrogens is 241 g/mol. The fourth-order valence-corrected chi connectivity index (χ4v) is 0. The Morgan fingerprint density at radius 1 is 0.750 bits per heavy atom. The molecule has 16 valence electrons. The van der Waals surface area contributed by atoms with Crippen molar-refractivity contribution in [1.29, 1.82) is 0 Å². The van der Waals surface area contributed by atoms with E-state index < -0.39 is 0 Å². The molecule has 0 aromatic carbocycles. The van der Waals surface area contributed by atoms with Crippen LogP contribution >= 0.6 is 0 Å². The molecule has 0 rings (SSSR count). The molecule has 4 heavy (non-hydrogen) atoms. The van der Waals surface area contributed by atoms with Crippen LogP contribution in [0.3, 0.4) is 0 Å². The SMILES string of the molecule is [Cl-].[I-].[K+].[K+]. The van der Waals surface area contributed by atoms with Gasteiger partial charge in [-0.15, -0.1) is 0 Å². The Morgan fingerprint density at radius 2 is 0.750 bits per heavy atom. The van der Waals surface area contributed by atoms with Gasteiger partial charge in [0.15, 0.2) is 0 Å². The van der Waals surface area contributed by atoms with Crippen LogP contribution in [0.5, 0.6) is 0 Å². The van der Waals surface area contributed by atoms with Crippen molar-refractivity contribution in [3.63, 3.8) is 0 Å². The fraction of sp³-hybridized carbons (Fsp3) is 0. The van der Waals surface area contributed by atoms with E-state index in [1.807, 2.05) is 0 Å². The number of rotatable bonds is 0. The van der Waals surface area contributed by atoms with E-state index in [0.29, 0.717) is 0 Å². The topological polar surface area (TPSA) is 0 Å². The molecule has 0 N–H and O–H groups in total. The third kappa shape index (κ3) is 9.57. The smallest absolute Gasteiger partial charge is 1.00 e. The second-order valence-corrected chi connectivity index (χ2v) is 0. The van der Waals surface area contributed by atoms with Gasteiger partial charge in [0.05, 0.1) is 0 Å². The summed E-state index contributed by atoms with van der Waals surface area (Å²) in [7, 11) is 0. The van der Waals surface area contributed by atoms with Gasteiger partial charge in [0.1, 0.15) is 0 Å². The van der Waals surface area contributed by atoms with E-state index in [1.165, 1.54) is 0 Å². The van der Waals surface area contributed by atoms with E-state index in [-0.39, 0.29) is 139 Å². The van der Waals surface area contributed by atoms with Crippen LogP contribution in [0, 0.1) is 0 Å². The Balaban J connectivity index is 0. The Hall–Kier alpha value is 4.29. The molecule has 0 aliphatic rings. The molecule has 4 heteroatoms. The van der Waals surface area contributed by atoms with Crippen molar-refractivity contribution in [3.8, 4) is 0 Å². The molecule has 0 unspecified atom stereocenters. The van der Waals surface area contributed by atoms with Gasteiger partial charge in [0.25, 0.3) is 0 Å². The van der Waals surface area contributed by atoms with Gasteiger partial charge in [-0.2, -0.15) is 0 Å². The number of hydrogen-bond donors (Lipinski definition) is 0. The van der Waals surface area contributed by atoms with Gasteiger partial charge < -0.3 is 36.4 Å². The largest absolute Gasteiger partial charge is 1.00 e. The summed E-state index contributed by atoms with van der Waals surface area (Å²) in [5, 5.41) is 0. The summed E-state index contributed by atoms with van der Waals surface area (Å²) in [4.78, 5) is 0. The number of hydrogen-bond acceptors (Lipinski definition) is 0. The fourth-order valence-electron chi connectivity index (χ4n) is 0. The third-order valence-corrected chi connectivity index (χ3v) is 0. The predicted molar refractivity (Wildman–Crippen MR) is 0 cm³/mol. The summed E-state index contributed by atoms with van der Waals surface area (Å²) in [6.07, 6.45) is 0. The standard InChI is InChI=1S/ClH.HI.2K/h2*1H;;/q;;2*+1/p-2. The molecule has 0 spiro atoms. The van der Waals surface area contributed by atoms with Gasteiger partial charge in [-0.05, 0) is 0 Å². The maximum absolute atomic E-state index is 0. The van der Waals surface area contributed by atoms with Crippen molar-refractivity contribution in [2.75, 3.05) is 0 Å². The van der Waals surface area contributed by atoms with Crippen LogP contribution in [0.4, 0.5) is 0 Å². The molecule has 0 saturated carbocycles. The van der Waals surface area contributed by atoms with E-state index in [2.05, 4.69) is 0 Å². The van der Waals surface area contributed by atoms with Gasteiger partial charge in [-0.1, -0.05) is 0 Å². The van der Waals surface area contributed by atoms with Crippen molar-refractivity contribution in [3.05, 3.63) is 0 Å². The molecule has 0 aromatic heterocycles. The van der Waals surface area contributed by atoms with E-state index in [0.717, 1.165) is 0 Å². The Morgan fingerprint density at radius 3 is 0.750 bits per heavy atom. The van der Waals surface area contributed by atoms with Crippen molar-refractivity contribution in [2.45, 2.75) is 0 Å². The Kier molecular flexibility index (Phi) is 93.8. The average molecular weight is 241 g/mol. The van der Waals surface area contributed by atoms with Crippen LogP contribution in [0.25, 0.3) is 0 Å². The van der Waals surface area contributed by atoms with Crippen molar-refractivity contribution in [1.82, 2.24) is 0 Å². The van der Waals surface area contributed by atoms with Crippen molar-refractivity contribution < 1.29 is 139 Å². The van der Waals surface area contributed by atoms with E-state index >= 15 is 0 Å². The molecule has 0 nitrogen and oxygen atoms in total. The van der Waals surface area contributed by atoms with E-state index in [9.17, 15) is 0 Å². The summed E-state index contributed by atoms with van der Waals surface area (Å²) in [6, 6.07) is 0. The van der Waals surface area contributed by atoms with Gasteiger partial charge >= 0.3 is 103 Å².